The molecule has 0 saturated carbocycles. The topological polar surface area (TPSA) is 52.0 Å². The summed E-state index contributed by atoms with van der Waals surface area (Å²) in [6.07, 6.45) is 4.35. The zero-order valence-corrected chi connectivity index (χ0v) is 4.83. The number of aromatic nitrogens is 1. The van der Waals surface area contributed by atoms with Crippen molar-refractivity contribution in [3.63, 3.8) is 0 Å². The minimum absolute atomic E-state index is 0.776. The quantitative estimate of drug-likeness (QED) is 0.555. The third-order valence-electron chi connectivity index (χ3n) is 0.870. The molecule has 0 amide bonds. The average Bonchev–Trinajstić information content (AvgIpc) is 2.34. The van der Waals surface area contributed by atoms with Gasteiger partial charge in [0.2, 0.25) is 0 Å². The summed E-state index contributed by atoms with van der Waals surface area (Å²) in [6.45, 7) is 0. The molecule has 2 N–H and O–H groups in total. The highest BCUT2D eigenvalue weighted by molar-refractivity contribution is 6.15. The zero-order chi connectivity index (χ0) is 6.53. The van der Waals surface area contributed by atoms with Crippen molar-refractivity contribution in [2.45, 2.75) is 0 Å². The van der Waals surface area contributed by atoms with Gasteiger partial charge in [-0.25, -0.2) is 4.99 Å². The summed E-state index contributed by atoms with van der Waals surface area (Å²) in [7, 11) is 0. The van der Waals surface area contributed by atoms with Crippen molar-refractivity contribution in [3.05, 3.63) is 18.3 Å². The molecule has 0 aliphatic heterocycles. The summed E-state index contributed by atoms with van der Waals surface area (Å²) < 4.78 is 0. The lowest BCUT2D eigenvalue weighted by molar-refractivity contribution is 1.35. The SMILES string of the molecule is N=C/C=N\c1ccc[nH]1. The molecule has 1 rings (SSSR count). The smallest absolute Gasteiger partial charge is 0.129 e. The van der Waals surface area contributed by atoms with Crippen molar-refractivity contribution < 1.29 is 0 Å². The lowest BCUT2D eigenvalue weighted by Gasteiger charge is -1.78. The number of nitrogens with zero attached hydrogens (tertiary/aromatic N) is 1. The molecule has 0 spiro atoms. The van der Waals surface area contributed by atoms with E-state index in [9.17, 15) is 0 Å². The Morgan fingerprint density at radius 3 is 3.11 bits per heavy atom. The first kappa shape index (κ1) is 5.75. The Kier molecular flexibility index (Phi) is 1.80. The number of H-pyrrole nitrogens is 1. The van der Waals surface area contributed by atoms with E-state index in [4.69, 9.17) is 5.41 Å². The van der Waals surface area contributed by atoms with Gasteiger partial charge in [0, 0.05) is 18.6 Å². The standard InChI is InChI=1S/C6H7N3/c7-3-5-9-6-2-1-4-8-6/h1-5,7-8H/b7-3?,9-5-. The monoisotopic (exact) mass is 121 g/mol. The van der Waals surface area contributed by atoms with Crippen molar-refractivity contribution in [1.29, 1.82) is 5.41 Å². The number of nitrogens with one attached hydrogen (secondary N) is 2. The summed E-state index contributed by atoms with van der Waals surface area (Å²) in [6, 6.07) is 3.69. The molecule has 0 atom stereocenters. The van der Waals surface area contributed by atoms with Gasteiger partial charge < -0.3 is 10.4 Å². The Morgan fingerprint density at radius 2 is 2.56 bits per heavy atom. The molecule has 0 unspecified atom stereocenters. The van der Waals surface area contributed by atoms with Gasteiger partial charge in [-0.3, -0.25) is 0 Å². The molecule has 9 heavy (non-hydrogen) atoms. The molecular weight excluding hydrogens is 114 g/mol. The van der Waals surface area contributed by atoms with E-state index < -0.39 is 0 Å². The van der Waals surface area contributed by atoms with Crippen LogP contribution in [0.5, 0.6) is 0 Å². The van der Waals surface area contributed by atoms with Crippen LogP contribution >= 0.6 is 0 Å². The van der Waals surface area contributed by atoms with Crippen LogP contribution in [0.2, 0.25) is 0 Å². The molecule has 1 aromatic rings. The summed E-state index contributed by atoms with van der Waals surface area (Å²) >= 11 is 0. The van der Waals surface area contributed by atoms with Crippen LogP contribution in [-0.2, 0) is 0 Å². The maximum absolute atomic E-state index is 6.62. The molecule has 0 aromatic carbocycles. The van der Waals surface area contributed by atoms with Gasteiger partial charge in [0.1, 0.15) is 5.82 Å². The number of aliphatic imine (C=N–C) groups is 1. The number of rotatable bonds is 2. The van der Waals surface area contributed by atoms with Crippen LogP contribution in [0.4, 0.5) is 5.82 Å². The molecule has 0 aliphatic rings. The molecular formula is C6H7N3. The number of hydrogen-bond acceptors (Lipinski definition) is 2. The Balaban J connectivity index is 2.67. The van der Waals surface area contributed by atoms with Crippen LogP contribution in [-0.4, -0.2) is 17.4 Å². The van der Waals surface area contributed by atoms with Crippen molar-refractivity contribution in [1.82, 2.24) is 4.98 Å². The van der Waals surface area contributed by atoms with Gasteiger partial charge in [-0.1, -0.05) is 0 Å². The summed E-state index contributed by atoms with van der Waals surface area (Å²) in [4.78, 5) is 6.73. The molecule has 3 heteroatoms. The van der Waals surface area contributed by atoms with Crippen LogP contribution in [0, 0.1) is 5.41 Å². The van der Waals surface area contributed by atoms with Crippen LogP contribution in [0.3, 0.4) is 0 Å². The largest absolute Gasteiger partial charge is 0.347 e. The third-order valence-corrected chi connectivity index (χ3v) is 0.870. The minimum atomic E-state index is 0.776. The molecule has 0 saturated heterocycles. The van der Waals surface area contributed by atoms with Gasteiger partial charge in [-0.05, 0) is 12.1 Å². The van der Waals surface area contributed by atoms with Crippen LogP contribution < -0.4 is 0 Å². The third kappa shape index (κ3) is 1.53. The Bertz CT molecular complexity index is 198. The Labute approximate surface area is 53.0 Å². The highest BCUT2D eigenvalue weighted by atomic mass is 14.9. The molecule has 3 nitrogen and oxygen atoms in total. The lowest BCUT2D eigenvalue weighted by atomic mass is 10.6. The van der Waals surface area contributed by atoms with E-state index in [0.29, 0.717) is 0 Å². The van der Waals surface area contributed by atoms with Gasteiger partial charge in [0.15, 0.2) is 0 Å². The van der Waals surface area contributed by atoms with E-state index in [0.717, 1.165) is 12.0 Å². The highest BCUT2D eigenvalue weighted by Gasteiger charge is 1.80. The first-order valence-electron chi connectivity index (χ1n) is 2.60. The lowest BCUT2D eigenvalue weighted by Crippen LogP contribution is -1.68. The molecule has 46 valence electrons. The van der Waals surface area contributed by atoms with Gasteiger partial charge >= 0.3 is 0 Å². The van der Waals surface area contributed by atoms with E-state index in [1.165, 1.54) is 6.21 Å². The van der Waals surface area contributed by atoms with E-state index >= 15 is 0 Å². The fraction of sp³-hybridized carbons (Fsp3) is 0. The van der Waals surface area contributed by atoms with E-state index in [1.807, 2.05) is 12.1 Å². The van der Waals surface area contributed by atoms with E-state index in [2.05, 4.69) is 9.98 Å². The zero-order valence-electron chi connectivity index (χ0n) is 4.83. The molecule has 0 radical (unpaired) electrons. The molecule has 0 bridgehead atoms. The Morgan fingerprint density at radius 1 is 1.67 bits per heavy atom. The molecule has 1 aromatic heterocycles. The van der Waals surface area contributed by atoms with Crippen LogP contribution in [0.25, 0.3) is 0 Å². The van der Waals surface area contributed by atoms with Crippen LogP contribution in [0.1, 0.15) is 0 Å². The predicted octanol–water partition coefficient (Wildman–Crippen LogP) is 1.37. The van der Waals surface area contributed by atoms with Crippen molar-refractivity contribution in [2.24, 2.45) is 4.99 Å². The average molecular weight is 121 g/mol. The highest BCUT2D eigenvalue weighted by Crippen LogP contribution is 2.03. The molecule has 0 aliphatic carbocycles. The van der Waals surface area contributed by atoms with Crippen molar-refractivity contribution in [3.8, 4) is 0 Å². The number of hydrogen-bond donors (Lipinski definition) is 2. The van der Waals surface area contributed by atoms with E-state index in [1.54, 1.807) is 6.20 Å². The van der Waals surface area contributed by atoms with Crippen molar-refractivity contribution >= 4 is 18.2 Å². The van der Waals surface area contributed by atoms with E-state index in [-0.39, 0.29) is 0 Å². The Hall–Kier alpha value is -1.38. The summed E-state index contributed by atoms with van der Waals surface area (Å²) in [5.41, 5.74) is 0. The first-order chi connectivity index (χ1) is 4.43. The number of aromatic amines is 1. The fourth-order valence-corrected chi connectivity index (χ4v) is 0.519. The molecule has 0 fully saturated rings. The fourth-order valence-electron chi connectivity index (χ4n) is 0.519. The second-order valence-electron chi connectivity index (χ2n) is 1.50. The maximum atomic E-state index is 6.62. The maximum Gasteiger partial charge on any atom is 0.129 e. The summed E-state index contributed by atoms with van der Waals surface area (Å²) in [5, 5.41) is 6.62. The second-order valence-corrected chi connectivity index (χ2v) is 1.50. The van der Waals surface area contributed by atoms with Crippen molar-refractivity contribution in [2.75, 3.05) is 0 Å². The normalized spacial score (nSPS) is 10.2. The molecule has 1 heterocycles. The van der Waals surface area contributed by atoms with Gasteiger partial charge in [-0.15, -0.1) is 0 Å². The van der Waals surface area contributed by atoms with Gasteiger partial charge in [0.25, 0.3) is 0 Å². The second kappa shape index (κ2) is 2.81. The summed E-state index contributed by atoms with van der Waals surface area (Å²) in [5.74, 6) is 0.776. The minimum Gasteiger partial charge on any atom is -0.347 e. The van der Waals surface area contributed by atoms with Gasteiger partial charge in [0.05, 0.1) is 0 Å². The predicted molar refractivity (Wildman–Crippen MR) is 37.7 cm³/mol. The van der Waals surface area contributed by atoms with Crippen LogP contribution in [0.15, 0.2) is 23.3 Å². The first-order valence-corrected chi connectivity index (χ1v) is 2.60. The van der Waals surface area contributed by atoms with Gasteiger partial charge in [-0.2, -0.15) is 0 Å².